The van der Waals surface area contributed by atoms with E-state index in [1.807, 2.05) is 0 Å². The molecule has 2 atom stereocenters. The lowest BCUT2D eigenvalue weighted by Crippen LogP contribution is -2.50. The normalized spacial score (nSPS) is 20.8. The fraction of sp³-hybridized carbons (Fsp3) is 0.444. The van der Waals surface area contributed by atoms with Gasteiger partial charge in [-0.05, 0) is 19.4 Å². The molecule has 1 aliphatic heterocycles. The third-order valence-electron chi connectivity index (χ3n) is 4.99. The number of fused-ring (bicyclic) bond motifs is 1. The van der Waals surface area contributed by atoms with Gasteiger partial charge in [0.2, 0.25) is 5.91 Å². The number of nitrogens with zero attached hydrogens (tertiary/aromatic N) is 3. The zero-order valence-electron chi connectivity index (χ0n) is 15.7. The molecule has 0 unspecified atom stereocenters. The van der Waals surface area contributed by atoms with Crippen molar-refractivity contribution < 1.29 is 18.3 Å². The molecule has 0 radical (unpaired) electrons. The van der Waals surface area contributed by atoms with Gasteiger partial charge in [-0.2, -0.15) is 4.31 Å². The quantitative estimate of drug-likeness (QED) is 0.601. The number of amides is 1. The summed E-state index contributed by atoms with van der Waals surface area (Å²) in [5.41, 5.74) is 11.3. The highest BCUT2D eigenvalue weighted by atomic mass is 32.3. The fourth-order valence-corrected chi connectivity index (χ4v) is 5.52. The van der Waals surface area contributed by atoms with Crippen molar-refractivity contribution in [3.8, 4) is 0 Å². The first kappa shape index (κ1) is 20.9. The van der Waals surface area contributed by atoms with Crippen LogP contribution in [0.4, 0.5) is 4.39 Å². The second kappa shape index (κ2) is 8.27. The van der Waals surface area contributed by atoms with Crippen LogP contribution in [0.3, 0.4) is 0 Å². The lowest BCUT2D eigenvalue weighted by molar-refractivity contribution is -0.132. The zero-order chi connectivity index (χ0) is 20.5. The minimum atomic E-state index is -3.49. The van der Waals surface area contributed by atoms with Crippen LogP contribution < -0.4 is 11.5 Å². The lowest BCUT2D eigenvalue weighted by atomic mass is 10.2. The highest BCUT2D eigenvalue weighted by Gasteiger charge is 2.35. The van der Waals surface area contributed by atoms with Crippen LogP contribution in [0.15, 0.2) is 35.5 Å². The molecule has 1 aromatic heterocycles. The summed E-state index contributed by atoms with van der Waals surface area (Å²) in [6.45, 7) is 2.91. The Morgan fingerprint density at radius 2 is 2.14 bits per heavy atom. The summed E-state index contributed by atoms with van der Waals surface area (Å²) in [6.07, 6.45) is 3.07. The number of nitrogens with two attached hydrogens (primary N) is 2. The summed E-state index contributed by atoms with van der Waals surface area (Å²) in [5.74, 6) is -0.865. The smallest absolute Gasteiger partial charge is 0.240 e. The van der Waals surface area contributed by atoms with Crippen LogP contribution >= 0.6 is 10.8 Å². The van der Waals surface area contributed by atoms with Gasteiger partial charge in [0.05, 0.1) is 17.1 Å². The van der Waals surface area contributed by atoms with Crippen LogP contribution in [0.25, 0.3) is 10.8 Å². The van der Waals surface area contributed by atoms with Gasteiger partial charge in [0, 0.05) is 49.2 Å². The maximum Gasteiger partial charge on any atom is 0.240 e. The first-order valence-corrected chi connectivity index (χ1v) is 10.6. The largest absolute Gasteiger partial charge is 0.340 e. The van der Waals surface area contributed by atoms with Crippen molar-refractivity contribution in [2.24, 2.45) is 11.5 Å². The predicted octanol–water partition coefficient (Wildman–Crippen LogP) is 1.61. The molecule has 154 valence electrons. The summed E-state index contributed by atoms with van der Waals surface area (Å²) in [6, 6.07) is 3.68. The summed E-state index contributed by atoms with van der Waals surface area (Å²) in [4.78, 5) is 17.9. The van der Waals surface area contributed by atoms with E-state index < -0.39 is 22.6 Å². The average Bonchev–Trinajstić information content (AvgIpc) is 2.88. The number of hydrogen-bond donors (Lipinski definition) is 4. The number of rotatable bonds is 4. The molecule has 1 saturated heterocycles. The van der Waals surface area contributed by atoms with Gasteiger partial charge in [0.25, 0.3) is 0 Å². The maximum absolute atomic E-state index is 14.4. The third kappa shape index (κ3) is 3.84. The van der Waals surface area contributed by atoms with Crippen LogP contribution in [-0.2, 0) is 4.79 Å². The molecular weight excluding hydrogens is 385 g/mol. The maximum atomic E-state index is 14.4. The van der Waals surface area contributed by atoms with E-state index in [-0.39, 0.29) is 35.3 Å². The monoisotopic (exact) mass is 411 g/mol. The van der Waals surface area contributed by atoms with Crippen LogP contribution in [0.1, 0.15) is 13.3 Å². The number of benzene rings is 1. The van der Waals surface area contributed by atoms with Crippen LogP contribution in [0.2, 0.25) is 0 Å². The van der Waals surface area contributed by atoms with Gasteiger partial charge < -0.3 is 16.4 Å². The van der Waals surface area contributed by atoms with Crippen LogP contribution in [0.5, 0.6) is 0 Å². The molecule has 1 amide bonds. The molecule has 10 heteroatoms. The van der Waals surface area contributed by atoms with Crippen molar-refractivity contribution in [1.29, 1.82) is 0 Å². The van der Waals surface area contributed by atoms with Gasteiger partial charge in [-0.1, -0.05) is 12.1 Å². The van der Waals surface area contributed by atoms with Crippen molar-refractivity contribution in [3.05, 3.63) is 36.4 Å². The van der Waals surface area contributed by atoms with E-state index in [0.29, 0.717) is 24.9 Å². The van der Waals surface area contributed by atoms with E-state index in [1.165, 1.54) is 12.3 Å². The van der Waals surface area contributed by atoms with E-state index in [0.717, 1.165) is 6.20 Å². The molecule has 2 heterocycles. The number of halogens is 1. The van der Waals surface area contributed by atoms with Crippen molar-refractivity contribution in [2.45, 2.75) is 30.3 Å². The predicted molar refractivity (Wildman–Crippen MR) is 107 cm³/mol. The molecule has 0 saturated carbocycles. The number of pyridine rings is 1. The Labute approximate surface area is 164 Å². The number of hydrogen-bond acceptors (Lipinski definition) is 7. The van der Waals surface area contributed by atoms with Crippen molar-refractivity contribution in [3.63, 3.8) is 0 Å². The molecular formula is C18H26FN5O3S. The number of carbonyl (C=O) groups is 1. The Morgan fingerprint density at radius 1 is 1.39 bits per heavy atom. The first-order chi connectivity index (χ1) is 13.3. The molecule has 6 N–H and O–H groups in total. The molecule has 28 heavy (non-hydrogen) atoms. The molecule has 3 rings (SSSR count). The molecule has 0 aliphatic carbocycles. The highest BCUT2D eigenvalue weighted by molar-refractivity contribution is 8.22. The molecule has 8 nitrogen and oxygen atoms in total. The minimum Gasteiger partial charge on any atom is -0.340 e. The van der Waals surface area contributed by atoms with E-state index in [9.17, 15) is 18.3 Å². The molecule has 1 aromatic carbocycles. The average molecular weight is 412 g/mol. The summed E-state index contributed by atoms with van der Waals surface area (Å²) >= 11 is 0. The van der Waals surface area contributed by atoms with Crippen molar-refractivity contribution >= 4 is 27.5 Å². The van der Waals surface area contributed by atoms with E-state index in [4.69, 9.17) is 11.5 Å². The standard InChI is InChI=1S/C18H26FN5O3S/c1-12-11-23(18(25)15(21)8-20)6-3-7-24(12)28(26,27)16-5-2-4-13-9-22-10-14(19)17(13)16/h2,4-5,9-10,12,15,26-27H,3,6-8,11,20-21H2,1H3/t12-,15+/m0/s1. The highest BCUT2D eigenvalue weighted by Crippen LogP contribution is 2.55. The van der Waals surface area contributed by atoms with Gasteiger partial charge in [-0.3, -0.25) is 18.9 Å². The van der Waals surface area contributed by atoms with Crippen molar-refractivity contribution in [2.75, 3.05) is 26.2 Å². The van der Waals surface area contributed by atoms with E-state index in [1.54, 1.807) is 28.3 Å². The summed E-state index contributed by atoms with van der Waals surface area (Å²) in [5, 5.41) is 0.637. The Balaban J connectivity index is 1.93. The SMILES string of the molecule is C[C@H]1CN(C(=O)[C@H](N)CN)CCCN1S(O)(O)c1cccc2cncc(F)c12. The second-order valence-electron chi connectivity index (χ2n) is 6.96. The van der Waals surface area contributed by atoms with E-state index >= 15 is 0 Å². The minimum absolute atomic E-state index is 0.0476. The van der Waals surface area contributed by atoms with Gasteiger partial charge in [0.15, 0.2) is 5.82 Å². The van der Waals surface area contributed by atoms with Gasteiger partial charge >= 0.3 is 0 Å². The Bertz CT molecular complexity index is 863. The molecule has 0 spiro atoms. The number of aromatic nitrogens is 1. The van der Waals surface area contributed by atoms with Crippen molar-refractivity contribution in [1.82, 2.24) is 14.2 Å². The third-order valence-corrected chi connectivity index (χ3v) is 7.11. The zero-order valence-corrected chi connectivity index (χ0v) is 16.5. The molecule has 2 aromatic rings. The topological polar surface area (TPSA) is 129 Å². The first-order valence-electron chi connectivity index (χ1n) is 9.09. The molecule has 0 bridgehead atoms. The van der Waals surface area contributed by atoms with Gasteiger partial charge in [0.1, 0.15) is 0 Å². The summed E-state index contributed by atoms with van der Waals surface area (Å²) in [7, 11) is -3.49. The van der Waals surface area contributed by atoms with Crippen LogP contribution in [-0.4, -0.2) is 67.5 Å². The molecule has 1 fully saturated rings. The molecule has 1 aliphatic rings. The Morgan fingerprint density at radius 3 is 2.86 bits per heavy atom. The lowest BCUT2D eigenvalue weighted by Gasteiger charge is -2.46. The number of carbonyl (C=O) groups excluding carboxylic acids is 1. The van der Waals surface area contributed by atoms with Crippen LogP contribution in [0, 0.1) is 5.82 Å². The summed E-state index contributed by atoms with van der Waals surface area (Å²) < 4.78 is 38.3. The van der Waals surface area contributed by atoms with Gasteiger partial charge in [-0.25, -0.2) is 4.39 Å². The fourth-order valence-electron chi connectivity index (χ4n) is 3.57. The Kier molecular flexibility index (Phi) is 6.18. The van der Waals surface area contributed by atoms with Gasteiger partial charge in [-0.15, -0.1) is 10.8 Å². The second-order valence-corrected chi connectivity index (χ2v) is 8.91. The Hall–Kier alpha value is -1.82. The van der Waals surface area contributed by atoms with E-state index in [2.05, 4.69) is 4.98 Å².